The van der Waals surface area contributed by atoms with Gasteiger partial charge in [-0.05, 0) is 24.3 Å². The average molecular weight is 258 g/mol. The van der Waals surface area contributed by atoms with Gasteiger partial charge >= 0.3 is 0 Å². The number of primary sulfonamides is 1. The maximum absolute atomic E-state index is 11.3. The molecule has 0 spiro atoms. The molecular weight excluding hydrogens is 250 g/mol. The number of hydrogen-bond donors (Lipinski definition) is 1. The molecule has 0 aliphatic carbocycles. The van der Waals surface area contributed by atoms with Gasteiger partial charge in [-0.15, -0.1) is 0 Å². The molecule has 0 amide bonds. The summed E-state index contributed by atoms with van der Waals surface area (Å²) < 4.78 is 23.7. The third-order valence-corrected chi connectivity index (χ3v) is 3.08. The monoisotopic (exact) mass is 257 g/mol. The molecule has 0 radical (unpaired) electrons. The number of benzene rings is 1. The van der Waals surface area contributed by atoms with Gasteiger partial charge in [0.15, 0.2) is 5.03 Å². The summed E-state index contributed by atoms with van der Waals surface area (Å²) in [7, 11) is -3.79. The summed E-state index contributed by atoms with van der Waals surface area (Å²) in [6.45, 7) is 0. The van der Waals surface area contributed by atoms with Gasteiger partial charge in [0.1, 0.15) is 0 Å². The Morgan fingerprint density at radius 2 is 2.06 bits per heavy atom. The first-order valence-electron chi connectivity index (χ1n) is 4.31. The molecule has 0 fully saturated rings. The Balaban J connectivity index is 2.62. The largest absolute Gasteiger partial charge is 0.255 e. The maximum Gasteiger partial charge on any atom is 0.255 e. The van der Waals surface area contributed by atoms with E-state index in [4.69, 9.17) is 16.7 Å². The third-order valence-electron chi connectivity index (χ3n) is 1.95. The minimum absolute atomic E-state index is 0.0743. The SMILES string of the molecule is NS(=O)(=O)c1ccnn1-c1cccc(Cl)c1. The standard InChI is InChI=1S/C9H8ClN3O2S/c10-7-2-1-3-8(6-7)13-9(4-5-12-13)16(11,14)15/h1-6H,(H2,11,14,15). The van der Waals surface area contributed by atoms with Crippen LogP contribution in [0.4, 0.5) is 0 Å². The Bertz CT molecular complexity index is 621. The highest BCUT2D eigenvalue weighted by Gasteiger charge is 2.15. The lowest BCUT2D eigenvalue weighted by atomic mass is 10.3. The van der Waals surface area contributed by atoms with E-state index in [1.165, 1.54) is 16.9 Å². The number of aromatic nitrogens is 2. The van der Waals surface area contributed by atoms with E-state index in [9.17, 15) is 8.42 Å². The van der Waals surface area contributed by atoms with E-state index in [2.05, 4.69) is 5.10 Å². The lowest BCUT2D eigenvalue weighted by Gasteiger charge is -2.05. The summed E-state index contributed by atoms with van der Waals surface area (Å²) in [5, 5.41) is 9.37. The van der Waals surface area contributed by atoms with Crippen molar-refractivity contribution < 1.29 is 8.42 Å². The second-order valence-electron chi connectivity index (χ2n) is 3.11. The molecule has 5 nitrogen and oxygen atoms in total. The van der Waals surface area contributed by atoms with Gasteiger partial charge in [0, 0.05) is 5.02 Å². The fourth-order valence-electron chi connectivity index (χ4n) is 1.31. The van der Waals surface area contributed by atoms with Crippen molar-refractivity contribution in [2.75, 3.05) is 0 Å². The summed E-state index contributed by atoms with van der Waals surface area (Å²) in [6.07, 6.45) is 1.36. The lowest BCUT2D eigenvalue weighted by Crippen LogP contribution is -2.17. The number of nitrogens with two attached hydrogens (primary N) is 1. The summed E-state index contributed by atoms with van der Waals surface area (Å²) in [6, 6.07) is 8.00. The minimum Gasteiger partial charge on any atom is -0.223 e. The highest BCUT2D eigenvalue weighted by atomic mass is 35.5. The molecule has 0 bridgehead atoms. The first-order valence-corrected chi connectivity index (χ1v) is 6.24. The average Bonchev–Trinajstić information content (AvgIpc) is 2.65. The Morgan fingerprint density at radius 3 is 2.69 bits per heavy atom. The predicted octanol–water partition coefficient (Wildman–Crippen LogP) is 1.17. The molecular formula is C9H8ClN3O2S. The highest BCUT2D eigenvalue weighted by Crippen LogP contribution is 2.17. The highest BCUT2D eigenvalue weighted by molar-refractivity contribution is 7.89. The Labute approximate surface area is 97.5 Å². The molecule has 16 heavy (non-hydrogen) atoms. The molecule has 0 saturated heterocycles. The van der Waals surface area contributed by atoms with Crippen molar-refractivity contribution in [3.8, 4) is 5.69 Å². The Hall–Kier alpha value is -1.37. The lowest BCUT2D eigenvalue weighted by molar-refractivity contribution is 0.587. The minimum atomic E-state index is -3.79. The quantitative estimate of drug-likeness (QED) is 0.877. The Morgan fingerprint density at radius 1 is 1.31 bits per heavy atom. The van der Waals surface area contributed by atoms with Crippen LogP contribution >= 0.6 is 11.6 Å². The van der Waals surface area contributed by atoms with E-state index in [-0.39, 0.29) is 5.03 Å². The van der Waals surface area contributed by atoms with Crippen LogP contribution in [0.3, 0.4) is 0 Å². The fraction of sp³-hybridized carbons (Fsp3) is 0. The summed E-state index contributed by atoms with van der Waals surface area (Å²) in [5.74, 6) is 0. The molecule has 0 aliphatic rings. The molecule has 84 valence electrons. The van der Waals surface area contributed by atoms with Crippen LogP contribution in [0.1, 0.15) is 0 Å². The van der Waals surface area contributed by atoms with Gasteiger partial charge in [-0.2, -0.15) is 5.10 Å². The number of sulfonamides is 1. The molecule has 1 aromatic carbocycles. The van der Waals surface area contributed by atoms with Crippen LogP contribution in [-0.4, -0.2) is 18.2 Å². The number of rotatable bonds is 2. The zero-order valence-corrected chi connectivity index (χ0v) is 9.61. The van der Waals surface area contributed by atoms with Gasteiger partial charge in [-0.3, -0.25) is 0 Å². The number of nitrogens with zero attached hydrogens (tertiary/aromatic N) is 2. The molecule has 0 aliphatic heterocycles. The van der Waals surface area contributed by atoms with Crippen molar-refractivity contribution in [2.24, 2.45) is 5.14 Å². The van der Waals surface area contributed by atoms with Gasteiger partial charge in [0.2, 0.25) is 0 Å². The molecule has 1 aromatic heterocycles. The van der Waals surface area contributed by atoms with Crippen LogP contribution in [0.2, 0.25) is 5.02 Å². The molecule has 1 heterocycles. The first kappa shape index (κ1) is 11.1. The number of halogens is 1. The van der Waals surface area contributed by atoms with E-state index >= 15 is 0 Å². The van der Waals surface area contributed by atoms with Gasteiger partial charge < -0.3 is 0 Å². The van der Waals surface area contributed by atoms with E-state index in [0.29, 0.717) is 10.7 Å². The molecule has 2 N–H and O–H groups in total. The summed E-state index contributed by atoms with van der Waals surface area (Å²) >= 11 is 5.81. The zero-order valence-electron chi connectivity index (χ0n) is 8.04. The van der Waals surface area contributed by atoms with E-state index in [1.807, 2.05) is 0 Å². The van der Waals surface area contributed by atoms with Gasteiger partial charge in [-0.25, -0.2) is 18.2 Å². The molecule has 0 unspecified atom stereocenters. The smallest absolute Gasteiger partial charge is 0.223 e. The summed E-state index contributed by atoms with van der Waals surface area (Å²) in [4.78, 5) is 0. The Kier molecular flexibility index (Phi) is 2.71. The molecule has 2 aromatic rings. The van der Waals surface area contributed by atoms with Gasteiger partial charge in [0.25, 0.3) is 10.0 Å². The van der Waals surface area contributed by atoms with Crippen LogP contribution in [0.25, 0.3) is 5.69 Å². The fourth-order valence-corrected chi connectivity index (χ4v) is 2.14. The molecule has 0 saturated carbocycles. The molecule has 0 atom stereocenters. The van der Waals surface area contributed by atoms with Crippen molar-refractivity contribution >= 4 is 21.6 Å². The van der Waals surface area contributed by atoms with Crippen molar-refractivity contribution in [3.05, 3.63) is 41.6 Å². The van der Waals surface area contributed by atoms with E-state index < -0.39 is 10.0 Å². The van der Waals surface area contributed by atoms with Crippen LogP contribution in [0.5, 0.6) is 0 Å². The second kappa shape index (κ2) is 3.89. The summed E-state index contributed by atoms with van der Waals surface area (Å²) in [5.41, 5.74) is 0.543. The second-order valence-corrected chi connectivity index (χ2v) is 5.05. The topological polar surface area (TPSA) is 78.0 Å². The van der Waals surface area contributed by atoms with Crippen molar-refractivity contribution in [3.63, 3.8) is 0 Å². The van der Waals surface area contributed by atoms with Gasteiger partial charge in [0.05, 0.1) is 11.9 Å². The van der Waals surface area contributed by atoms with Crippen LogP contribution in [0.15, 0.2) is 41.6 Å². The normalized spacial score (nSPS) is 11.6. The van der Waals surface area contributed by atoms with Crippen molar-refractivity contribution in [2.45, 2.75) is 5.03 Å². The third kappa shape index (κ3) is 2.08. The first-order chi connectivity index (χ1) is 7.48. The van der Waals surface area contributed by atoms with Crippen molar-refractivity contribution in [1.82, 2.24) is 9.78 Å². The zero-order chi connectivity index (χ0) is 11.8. The predicted molar refractivity (Wildman–Crippen MR) is 59.9 cm³/mol. The van der Waals surface area contributed by atoms with Crippen LogP contribution in [-0.2, 0) is 10.0 Å². The van der Waals surface area contributed by atoms with Crippen LogP contribution < -0.4 is 5.14 Å². The number of hydrogen-bond acceptors (Lipinski definition) is 3. The van der Waals surface area contributed by atoms with Gasteiger partial charge in [-0.1, -0.05) is 17.7 Å². The van der Waals surface area contributed by atoms with E-state index in [0.717, 1.165) is 0 Å². The molecule has 7 heteroatoms. The van der Waals surface area contributed by atoms with Crippen LogP contribution in [0, 0.1) is 0 Å². The molecule has 2 rings (SSSR count). The maximum atomic E-state index is 11.3. The van der Waals surface area contributed by atoms with Crippen molar-refractivity contribution in [1.29, 1.82) is 0 Å². The van der Waals surface area contributed by atoms with E-state index in [1.54, 1.807) is 24.3 Å².